The number of nitrogens with zero attached hydrogens (tertiary/aromatic N) is 4. The summed E-state index contributed by atoms with van der Waals surface area (Å²) < 4.78 is 0. The molecule has 1 aliphatic rings. The van der Waals surface area contributed by atoms with Crippen LogP contribution in [0.1, 0.15) is 18.5 Å². The van der Waals surface area contributed by atoms with E-state index in [1.165, 1.54) is 0 Å². The highest BCUT2D eigenvalue weighted by molar-refractivity contribution is 6.29. The van der Waals surface area contributed by atoms with Crippen LogP contribution in [-0.4, -0.2) is 27.4 Å². The van der Waals surface area contributed by atoms with Gasteiger partial charge in [0, 0.05) is 19.0 Å². The van der Waals surface area contributed by atoms with Crippen molar-refractivity contribution in [3.05, 3.63) is 35.1 Å². The number of aromatic nitrogens is 3. The number of nitrogens with two attached hydrogens (primary N) is 1. The fourth-order valence-electron chi connectivity index (χ4n) is 2.31. The Bertz CT molecular complexity index is 687. The van der Waals surface area contributed by atoms with Crippen LogP contribution in [0.5, 0.6) is 0 Å². The standard InChI is InChI=1S/C14H15ClN6O/c15-10-7-11(20-14(16)19-10)17-8-9-3-1-4-12(18-9)21-6-2-5-13(21)22/h1,3-4,7H,2,5-6,8H2,(H3,16,17,19,20). The summed E-state index contributed by atoms with van der Waals surface area (Å²) in [5, 5.41) is 3.37. The molecule has 3 rings (SSSR count). The Labute approximate surface area is 132 Å². The Hall–Kier alpha value is -2.41. The highest BCUT2D eigenvalue weighted by atomic mass is 35.5. The lowest BCUT2D eigenvalue weighted by atomic mass is 10.3. The molecule has 0 radical (unpaired) electrons. The molecule has 2 aromatic rings. The number of rotatable bonds is 4. The second kappa shape index (κ2) is 6.15. The Kier molecular flexibility index (Phi) is 4.06. The Morgan fingerprint density at radius 1 is 1.32 bits per heavy atom. The van der Waals surface area contributed by atoms with Crippen molar-refractivity contribution in [2.45, 2.75) is 19.4 Å². The molecular formula is C14H15ClN6O. The van der Waals surface area contributed by atoms with Crippen molar-refractivity contribution in [3.63, 3.8) is 0 Å². The summed E-state index contributed by atoms with van der Waals surface area (Å²) in [6.07, 6.45) is 1.46. The van der Waals surface area contributed by atoms with Crippen LogP contribution in [-0.2, 0) is 11.3 Å². The van der Waals surface area contributed by atoms with Crippen molar-refractivity contribution >= 4 is 35.1 Å². The minimum atomic E-state index is 0.111. The number of amides is 1. The highest BCUT2D eigenvalue weighted by Gasteiger charge is 2.22. The van der Waals surface area contributed by atoms with Gasteiger partial charge in [-0.2, -0.15) is 4.98 Å². The van der Waals surface area contributed by atoms with Gasteiger partial charge < -0.3 is 11.1 Å². The molecule has 3 N–H and O–H groups in total. The van der Waals surface area contributed by atoms with Gasteiger partial charge in [-0.3, -0.25) is 9.69 Å². The van der Waals surface area contributed by atoms with E-state index in [1.54, 1.807) is 11.0 Å². The molecule has 0 unspecified atom stereocenters. The predicted molar refractivity (Wildman–Crippen MR) is 84.6 cm³/mol. The van der Waals surface area contributed by atoms with Crippen LogP contribution in [0.2, 0.25) is 5.15 Å². The number of nitrogens with one attached hydrogen (secondary N) is 1. The molecule has 114 valence electrons. The van der Waals surface area contributed by atoms with E-state index in [2.05, 4.69) is 20.3 Å². The van der Waals surface area contributed by atoms with Crippen molar-refractivity contribution < 1.29 is 4.79 Å². The zero-order chi connectivity index (χ0) is 15.5. The quantitative estimate of drug-likeness (QED) is 0.835. The van der Waals surface area contributed by atoms with Crippen LogP contribution in [0, 0.1) is 0 Å². The van der Waals surface area contributed by atoms with E-state index in [0.29, 0.717) is 24.6 Å². The van der Waals surface area contributed by atoms with Gasteiger partial charge in [0.2, 0.25) is 11.9 Å². The molecule has 22 heavy (non-hydrogen) atoms. The molecule has 0 saturated carbocycles. The summed E-state index contributed by atoms with van der Waals surface area (Å²) in [6, 6.07) is 7.19. The summed E-state index contributed by atoms with van der Waals surface area (Å²) in [7, 11) is 0. The first-order valence-corrected chi connectivity index (χ1v) is 7.30. The maximum absolute atomic E-state index is 11.8. The van der Waals surface area contributed by atoms with Gasteiger partial charge in [-0.25, -0.2) is 9.97 Å². The second-order valence-corrected chi connectivity index (χ2v) is 5.31. The van der Waals surface area contributed by atoms with Crippen molar-refractivity contribution in [2.24, 2.45) is 0 Å². The molecule has 8 heteroatoms. The number of pyridine rings is 1. The normalized spacial score (nSPS) is 14.4. The van der Waals surface area contributed by atoms with Crippen LogP contribution >= 0.6 is 11.6 Å². The molecule has 0 bridgehead atoms. The van der Waals surface area contributed by atoms with E-state index < -0.39 is 0 Å². The third-order valence-electron chi connectivity index (χ3n) is 3.30. The molecular weight excluding hydrogens is 304 g/mol. The third-order valence-corrected chi connectivity index (χ3v) is 3.50. The van der Waals surface area contributed by atoms with E-state index in [1.807, 2.05) is 18.2 Å². The number of carbonyl (C=O) groups is 1. The monoisotopic (exact) mass is 318 g/mol. The van der Waals surface area contributed by atoms with E-state index in [0.717, 1.165) is 18.7 Å². The van der Waals surface area contributed by atoms with Gasteiger partial charge >= 0.3 is 0 Å². The Morgan fingerprint density at radius 2 is 2.18 bits per heavy atom. The summed E-state index contributed by atoms with van der Waals surface area (Å²) in [5.74, 6) is 1.44. The van der Waals surface area contributed by atoms with Crippen LogP contribution in [0.25, 0.3) is 0 Å². The molecule has 2 aromatic heterocycles. The molecule has 1 aliphatic heterocycles. The molecule has 7 nitrogen and oxygen atoms in total. The minimum absolute atomic E-state index is 0.111. The van der Waals surface area contributed by atoms with E-state index >= 15 is 0 Å². The molecule has 3 heterocycles. The van der Waals surface area contributed by atoms with Gasteiger partial charge in [-0.1, -0.05) is 17.7 Å². The average molecular weight is 319 g/mol. The van der Waals surface area contributed by atoms with Crippen molar-refractivity contribution in [2.75, 3.05) is 22.5 Å². The van der Waals surface area contributed by atoms with Gasteiger partial charge in [0.05, 0.1) is 12.2 Å². The summed E-state index contributed by atoms with van der Waals surface area (Å²) in [6.45, 7) is 1.17. The molecule has 0 atom stereocenters. The van der Waals surface area contributed by atoms with Crippen LogP contribution in [0.15, 0.2) is 24.3 Å². The number of nitrogen functional groups attached to an aromatic ring is 1. The molecule has 1 amide bonds. The van der Waals surface area contributed by atoms with E-state index in [-0.39, 0.29) is 17.0 Å². The van der Waals surface area contributed by atoms with Gasteiger partial charge in [0.25, 0.3) is 0 Å². The van der Waals surface area contributed by atoms with E-state index in [9.17, 15) is 4.79 Å². The van der Waals surface area contributed by atoms with Crippen molar-refractivity contribution in [3.8, 4) is 0 Å². The first-order chi connectivity index (χ1) is 10.6. The number of hydrogen-bond donors (Lipinski definition) is 2. The summed E-state index contributed by atoms with van der Waals surface area (Å²) in [4.78, 5) is 25.8. The molecule has 0 spiro atoms. The molecule has 1 saturated heterocycles. The lowest BCUT2D eigenvalue weighted by molar-refractivity contribution is -0.117. The van der Waals surface area contributed by atoms with Crippen LogP contribution in [0.3, 0.4) is 0 Å². The average Bonchev–Trinajstić information content (AvgIpc) is 2.91. The minimum Gasteiger partial charge on any atom is -0.368 e. The predicted octanol–water partition coefficient (Wildman–Crippen LogP) is 1.85. The lowest BCUT2D eigenvalue weighted by Gasteiger charge is -2.15. The molecule has 0 aromatic carbocycles. The number of anilines is 3. The van der Waals surface area contributed by atoms with Gasteiger partial charge in [0.15, 0.2) is 0 Å². The van der Waals surface area contributed by atoms with Gasteiger partial charge in [-0.05, 0) is 18.6 Å². The van der Waals surface area contributed by atoms with Crippen molar-refractivity contribution in [1.29, 1.82) is 0 Å². The summed E-state index contributed by atoms with van der Waals surface area (Å²) in [5.41, 5.74) is 6.34. The highest BCUT2D eigenvalue weighted by Crippen LogP contribution is 2.19. The Balaban J connectivity index is 1.71. The molecule has 1 fully saturated rings. The fraction of sp³-hybridized carbons (Fsp3) is 0.286. The zero-order valence-corrected chi connectivity index (χ0v) is 12.5. The second-order valence-electron chi connectivity index (χ2n) is 4.92. The summed E-state index contributed by atoms with van der Waals surface area (Å²) >= 11 is 5.83. The smallest absolute Gasteiger partial charge is 0.228 e. The maximum atomic E-state index is 11.8. The van der Waals surface area contributed by atoms with E-state index in [4.69, 9.17) is 17.3 Å². The number of halogens is 1. The number of hydrogen-bond acceptors (Lipinski definition) is 6. The van der Waals surface area contributed by atoms with Gasteiger partial charge in [-0.15, -0.1) is 0 Å². The van der Waals surface area contributed by atoms with Crippen LogP contribution in [0.4, 0.5) is 17.6 Å². The van der Waals surface area contributed by atoms with Crippen molar-refractivity contribution in [1.82, 2.24) is 15.0 Å². The SMILES string of the molecule is Nc1nc(Cl)cc(NCc2cccc(N3CCCC3=O)n2)n1. The largest absolute Gasteiger partial charge is 0.368 e. The fourth-order valence-corrected chi connectivity index (χ4v) is 2.50. The molecule has 0 aliphatic carbocycles. The zero-order valence-electron chi connectivity index (χ0n) is 11.8. The topological polar surface area (TPSA) is 97.0 Å². The first kappa shape index (κ1) is 14.5. The Morgan fingerprint density at radius 3 is 2.91 bits per heavy atom. The first-order valence-electron chi connectivity index (χ1n) is 6.92. The van der Waals surface area contributed by atoms with Crippen LogP contribution < -0.4 is 16.0 Å². The number of carbonyl (C=O) groups excluding carboxylic acids is 1. The van der Waals surface area contributed by atoms with Gasteiger partial charge in [0.1, 0.15) is 16.8 Å². The third kappa shape index (κ3) is 3.25. The lowest BCUT2D eigenvalue weighted by Crippen LogP contribution is -2.25. The maximum Gasteiger partial charge on any atom is 0.228 e.